The zero-order valence-electron chi connectivity index (χ0n) is 16.1. The summed E-state index contributed by atoms with van der Waals surface area (Å²) in [6, 6.07) is 4.16. The molecule has 1 amide bonds. The van der Waals surface area contributed by atoms with Gasteiger partial charge in [0.05, 0.1) is 23.8 Å². The van der Waals surface area contributed by atoms with E-state index < -0.39 is 6.10 Å². The number of aromatic nitrogens is 1. The van der Waals surface area contributed by atoms with Crippen molar-refractivity contribution < 1.29 is 19.1 Å². The Morgan fingerprint density at radius 3 is 2.86 bits per heavy atom. The minimum absolute atomic E-state index is 0.158. The Bertz CT molecular complexity index is 799. The average Bonchev–Trinajstić information content (AvgIpc) is 3.34. The van der Waals surface area contributed by atoms with Crippen LogP contribution in [0.4, 0.5) is 5.13 Å². The summed E-state index contributed by atoms with van der Waals surface area (Å²) in [5.74, 6) is -0.515. The van der Waals surface area contributed by atoms with Gasteiger partial charge in [-0.25, -0.2) is 4.98 Å². The molecule has 1 N–H and O–H groups in total. The summed E-state index contributed by atoms with van der Waals surface area (Å²) in [4.78, 5) is 32.9. The van der Waals surface area contributed by atoms with E-state index in [1.807, 2.05) is 5.38 Å². The fraction of sp³-hybridized carbons (Fsp3) is 0.526. The molecule has 1 fully saturated rings. The first-order valence-electron chi connectivity index (χ1n) is 9.35. The number of anilines is 1. The van der Waals surface area contributed by atoms with Crippen molar-refractivity contribution in [2.24, 2.45) is 0 Å². The number of nitrogens with zero attached hydrogens (tertiary/aromatic N) is 2. The fourth-order valence-corrected chi connectivity index (χ4v) is 4.46. The smallest absolute Gasteiger partial charge is 0.306 e. The molecule has 1 saturated heterocycles. The highest BCUT2D eigenvalue weighted by Gasteiger charge is 2.25. The van der Waals surface area contributed by atoms with Gasteiger partial charge in [0.25, 0.3) is 5.91 Å². The highest BCUT2D eigenvalue weighted by Crippen LogP contribution is 2.30. The van der Waals surface area contributed by atoms with Crippen LogP contribution in [0, 0.1) is 6.92 Å². The molecule has 0 saturated carbocycles. The Balaban J connectivity index is 1.35. The van der Waals surface area contributed by atoms with E-state index in [4.69, 9.17) is 9.47 Å². The summed E-state index contributed by atoms with van der Waals surface area (Å²) < 4.78 is 10.5. The monoisotopic (exact) mass is 423 g/mol. The van der Waals surface area contributed by atoms with E-state index in [-0.39, 0.29) is 18.3 Å². The summed E-state index contributed by atoms with van der Waals surface area (Å²) >= 11 is 3.27. The van der Waals surface area contributed by atoms with Crippen LogP contribution in [0.25, 0.3) is 10.6 Å². The minimum atomic E-state index is -0.755. The van der Waals surface area contributed by atoms with Gasteiger partial charge < -0.3 is 19.7 Å². The number of ether oxygens (including phenoxy) is 2. The molecule has 1 aliphatic rings. The van der Waals surface area contributed by atoms with E-state index in [0.29, 0.717) is 39.3 Å². The number of nitrogens with one attached hydrogen (secondary N) is 1. The van der Waals surface area contributed by atoms with Crippen LogP contribution in [0.1, 0.15) is 24.6 Å². The summed E-state index contributed by atoms with van der Waals surface area (Å²) in [5, 5.41) is 6.11. The number of carbonyl (C=O) groups is 2. The number of hydrogen-bond donors (Lipinski definition) is 1. The van der Waals surface area contributed by atoms with Crippen LogP contribution in [0.2, 0.25) is 0 Å². The molecule has 2 aromatic rings. The molecule has 3 rings (SSSR count). The standard InChI is InChI=1S/C19H25N3O4S2/c1-13-5-6-16(28-13)15-12-27-19(21-15)20-7-3-4-17(23)26-14(2)18(24)22-8-10-25-11-9-22/h5-6,12,14H,3-4,7-11H2,1-2H3,(H,20,21). The average molecular weight is 424 g/mol. The number of hydrogen-bond acceptors (Lipinski definition) is 8. The number of esters is 1. The third-order valence-electron chi connectivity index (χ3n) is 4.31. The van der Waals surface area contributed by atoms with Gasteiger partial charge >= 0.3 is 5.97 Å². The van der Waals surface area contributed by atoms with Crippen molar-refractivity contribution in [1.29, 1.82) is 0 Å². The maximum Gasteiger partial charge on any atom is 0.306 e. The predicted molar refractivity (Wildman–Crippen MR) is 111 cm³/mol. The highest BCUT2D eigenvalue weighted by molar-refractivity contribution is 7.16. The molecular formula is C19H25N3O4S2. The van der Waals surface area contributed by atoms with Crippen molar-refractivity contribution >= 4 is 39.7 Å². The summed E-state index contributed by atoms with van der Waals surface area (Å²) in [6.45, 7) is 6.48. The molecule has 0 spiro atoms. The second kappa shape index (κ2) is 9.99. The van der Waals surface area contributed by atoms with Crippen LogP contribution >= 0.6 is 22.7 Å². The molecule has 28 heavy (non-hydrogen) atoms. The zero-order chi connectivity index (χ0) is 19.9. The zero-order valence-corrected chi connectivity index (χ0v) is 17.7. The lowest BCUT2D eigenvalue weighted by Gasteiger charge is -2.28. The molecule has 3 heterocycles. The van der Waals surface area contributed by atoms with Crippen molar-refractivity contribution in [3.63, 3.8) is 0 Å². The van der Waals surface area contributed by atoms with E-state index in [1.165, 1.54) is 4.88 Å². The third kappa shape index (κ3) is 5.76. The number of amides is 1. The maximum absolute atomic E-state index is 12.2. The molecule has 2 aromatic heterocycles. The van der Waals surface area contributed by atoms with E-state index in [0.717, 1.165) is 15.7 Å². The van der Waals surface area contributed by atoms with Crippen LogP contribution in [0.15, 0.2) is 17.5 Å². The van der Waals surface area contributed by atoms with Crippen molar-refractivity contribution in [2.45, 2.75) is 32.8 Å². The quantitative estimate of drug-likeness (QED) is 0.519. The van der Waals surface area contributed by atoms with Gasteiger partial charge in [-0.15, -0.1) is 22.7 Å². The Kier molecular flexibility index (Phi) is 7.41. The van der Waals surface area contributed by atoms with E-state index in [1.54, 1.807) is 34.5 Å². The predicted octanol–water partition coefficient (Wildman–Crippen LogP) is 3.16. The lowest BCUT2D eigenvalue weighted by molar-refractivity contribution is -0.160. The van der Waals surface area contributed by atoms with Crippen molar-refractivity contribution in [3.8, 4) is 10.6 Å². The summed E-state index contributed by atoms with van der Waals surface area (Å²) in [7, 11) is 0. The lowest BCUT2D eigenvalue weighted by atomic mass is 10.3. The number of rotatable bonds is 8. The maximum atomic E-state index is 12.2. The number of aryl methyl sites for hydroxylation is 1. The van der Waals surface area contributed by atoms with E-state index in [2.05, 4.69) is 29.4 Å². The first kappa shape index (κ1) is 20.8. The molecule has 7 nitrogen and oxygen atoms in total. The lowest BCUT2D eigenvalue weighted by Crippen LogP contribution is -2.46. The molecule has 0 aromatic carbocycles. The van der Waals surface area contributed by atoms with Crippen LogP contribution in [0.3, 0.4) is 0 Å². The van der Waals surface area contributed by atoms with Gasteiger partial charge in [0, 0.05) is 36.3 Å². The minimum Gasteiger partial charge on any atom is -0.453 e. The number of morpholine rings is 1. The fourth-order valence-electron chi connectivity index (χ4n) is 2.82. The van der Waals surface area contributed by atoms with Crippen molar-refractivity contribution in [3.05, 3.63) is 22.4 Å². The molecule has 152 valence electrons. The Morgan fingerprint density at radius 2 is 2.14 bits per heavy atom. The molecule has 9 heteroatoms. The van der Waals surface area contributed by atoms with Gasteiger partial charge in [0.2, 0.25) is 0 Å². The normalized spacial score (nSPS) is 15.3. The number of carbonyl (C=O) groups excluding carboxylic acids is 2. The molecule has 1 atom stereocenters. The van der Waals surface area contributed by atoms with Crippen molar-refractivity contribution in [2.75, 3.05) is 38.2 Å². The van der Waals surface area contributed by atoms with Gasteiger partial charge in [-0.05, 0) is 32.4 Å². The molecule has 0 bridgehead atoms. The SMILES string of the molecule is Cc1ccc(-c2csc(NCCCC(=O)OC(C)C(=O)N3CCOCC3)n2)s1. The van der Waals surface area contributed by atoms with Crippen LogP contribution in [0.5, 0.6) is 0 Å². The molecule has 1 unspecified atom stereocenters. The van der Waals surface area contributed by atoms with Crippen LogP contribution in [-0.2, 0) is 19.1 Å². The van der Waals surface area contributed by atoms with Gasteiger partial charge in [-0.2, -0.15) is 0 Å². The van der Waals surface area contributed by atoms with Gasteiger partial charge in [0.1, 0.15) is 0 Å². The number of thiazole rings is 1. The van der Waals surface area contributed by atoms with Gasteiger partial charge in [0.15, 0.2) is 11.2 Å². The van der Waals surface area contributed by atoms with Crippen LogP contribution < -0.4 is 5.32 Å². The largest absolute Gasteiger partial charge is 0.453 e. The van der Waals surface area contributed by atoms with E-state index >= 15 is 0 Å². The van der Waals surface area contributed by atoms with E-state index in [9.17, 15) is 9.59 Å². The van der Waals surface area contributed by atoms with Crippen molar-refractivity contribution in [1.82, 2.24) is 9.88 Å². The second-order valence-electron chi connectivity index (χ2n) is 6.55. The molecule has 0 aliphatic carbocycles. The molecule has 0 radical (unpaired) electrons. The van der Waals surface area contributed by atoms with Gasteiger partial charge in [-0.3, -0.25) is 9.59 Å². The Hall–Kier alpha value is -1.97. The summed E-state index contributed by atoms with van der Waals surface area (Å²) in [6.07, 6.45) is 0.120. The topological polar surface area (TPSA) is 80.8 Å². The molecule has 1 aliphatic heterocycles. The second-order valence-corrected chi connectivity index (χ2v) is 8.69. The third-order valence-corrected chi connectivity index (χ3v) is 6.13. The first-order valence-corrected chi connectivity index (χ1v) is 11.0. The summed E-state index contributed by atoms with van der Waals surface area (Å²) in [5.41, 5.74) is 0.973. The highest BCUT2D eigenvalue weighted by atomic mass is 32.1. The number of thiophene rings is 1. The Morgan fingerprint density at radius 1 is 1.36 bits per heavy atom. The first-order chi connectivity index (χ1) is 13.5. The molecular weight excluding hydrogens is 398 g/mol. The van der Waals surface area contributed by atoms with Crippen LogP contribution in [-0.4, -0.2) is 60.7 Å². The van der Waals surface area contributed by atoms with Gasteiger partial charge in [-0.1, -0.05) is 0 Å². The Labute approximate surface area is 172 Å².